The van der Waals surface area contributed by atoms with E-state index in [1.165, 1.54) is 11.3 Å². The van der Waals surface area contributed by atoms with Gasteiger partial charge in [-0.05, 0) is 26.0 Å². The molecule has 112 valence electrons. The molecule has 0 aliphatic rings. The van der Waals surface area contributed by atoms with Gasteiger partial charge >= 0.3 is 0 Å². The Morgan fingerprint density at radius 2 is 2.29 bits per heavy atom. The maximum atomic E-state index is 12.3. The fourth-order valence-corrected chi connectivity index (χ4v) is 2.66. The van der Waals surface area contributed by atoms with Crippen LogP contribution in [0.25, 0.3) is 0 Å². The van der Waals surface area contributed by atoms with Crippen LogP contribution in [0.3, 0.4) is 0 Å². The molecule has 1 amide bonds. The molecule has 2 aromatic rings. The number of nitrogens with one attached hydrogen (secondary N) is 1. The lowest BCUT2D eigenvalue weighted by Gasteiger charge is -2.12. The van der Waals surface area contributed by atoms with E-state index in [1.807, 2.05) is 44.0 Å². The van der Waals surface area contributed by atoms with Crippen molar-refractivity contribution in [3.8, 4) is 0 Å². The zero-order valence-corrected chi connectivity index (χ0v) is 13.1. The molecule has 0 saturated heterocycles. The van der Waals surface area contributed by atoms with Gasteiger partial charge in [0, 0.05) is 19.8 Å². The Hall–Kier alpha value is -2.15. The van der Waals surface area contributed by atoms with E-state index in [9.17, 15) is 4.79 Å². The lowest BCUT2D eigenvalue weighted by atomic mass is 10.2. The van der Waals surface area contributed by atoms with Crippen molar-refractivity contribution in [3.63, 3.8) is 0 Å². The number of anilines is 2. The van der Waals surface area contributed by atoms with Gasteiger partial charge in [-0.15, -0.1) is 0 Å². The highest BCUT2D eigenvalue weighted by atomic mass is 32.1. The van der Waals surface area contributed by atoms with Crippen LogP contribution in [0.4, 0.5) is 10.9 Å². The van der Waals surface area contributed by atoms with Crippen molar-refractivity contribution in [1.82, 2.24) is 15.3 Å². The molecule has 1 atom stereocenters. The van der Waals surface area contributed by atoms with Crippen LogP contribution in [0.15, 0.2) is 24.4 Å². The summed E-state index contributed by atoms with van der Waals surface area (Å²) < 4.78 is 0. The average molecular weight is 305 g/mol. The van der Waals surface area contributed by atoms with Gasteiger partial charge in [-0.1, -0.05) is 17.4 Å². The van der Waals surface area contributed by atoms with Crippen LogP contribution in [0, 0.1) is 0 Å². The maximum absolute atomic E-state index is 12.3. The zero-order chi connectivity index (χ0) is 15.4. The minimum absolute atomic E-state index is 0.187. The van der Waals surface area contributed by atoms with Gasteiger partial charge in [0.15, 0.2) is 5.13 Å². The Balaban J connectivity index is 2.12. The maximum Gasteiger partial charge on any atom is 0.265 e. The Bertz CT molecular complexity index is 613. The zero-order valence-electron chi connectivity index (χ0n) is 12.3. The number of pyridine rings is 1. The van der Waals surface area contributed by atoms with E-state index in [0.717, 1.165) is 17.4 Å². The molecule has 7 heteroatoms. The molecule has 0 radical (unpaired) electrons. The number of nitrogen functional groups attached to an aromatic ring is 1. The summed E-state index contributed by atoms with van der Waals surface area (Å²) in [5.74, 6) is 0.0416. The number of nitrogens with zero attached hydrogens (tertiary/aromatic N) is 3. The summed E-state index contributed by atoms with van der Waals surface area (Å²) in [6.07, 6.45) is 1.70. The first-order valence-corrected chi connectivity index (χ1v) is 7.53. The number of nitrogens with two attached hydrogens (primary N) is 1. The Kier molecular flexibility index (Phi) is 4.74. The van der Waals surface area contributed by atoms with Crippen LogP contribution < -0.4 is 16.0 Å². The first-order chi connectivity index (χ1) is 10.0. The van der Waals surface area contributed by atoms with Crippen LogP contribution in [0.2, 0.25) is 0 Å². The molecular formula is C14H19N5OS. The standard InChI is InChI=1S/C14H19N5OS/c1-4-19(3)14-18-12(15)11(21-14)13(20)17-9(2)10-7-5-6-8-16-10/h5-9H,4,15H2,1-3H3,(H,17,20). The Morgan fingerprint density at radius 1 is 1.52 bits per heavy atom. The third kappa shape index (κ3) is 3.49. The van der Waals surface area contributed by atoms with Crippen LogP contribution in [0.5, 0.6) is 0 Å². The minimum Gasteiger partial charge on any atom is -0.382 e. The highest BCUT2D eigenvalue weighted by Gasteiger charge is 2.19. The lowest BCUT2D eigenvalue weighted by molar-refractivity contribution is 0.0944. The molecule has 0 fully saturated rings. The Labute approximate surface area is 128 Å². The molecule has 6 nitrogen and oxygen atoms in total. The quantitative estimate of drug-likeness (QED) is 0.883. The number of hydrogen-bond donors (Lipinski definition) is 2. The molecule has 0 saturated carbocycles. The van der Waals surface area contributed by atoms with Crippen LogP contribution in [0.1, 0.15) is 35.3 Å². The fraction of sp³-hybridized carbons (Fsp3) is 0.357. The topological polar surface area (TPSA) is 84.1 Å². The number of thiazole rings is 1. The van der Waals surface area contributed by atoms with E-state index in [-0.39, 0.29) is 17.8 Å². The van der Waals surface area contributed by atoms with Crippen molar-refractivity contribution in [2.45, 2.75) is 19.9 Å². The molecule has 2 heterocycles. The number of carbonyl (C=O) groups is 1. The van der Waals surface area contributed by atoms with Crippen molar-refractivity contribution in [3.05, 3.63) is 35.0 Å². The normalized spacial score (nSPS) is 12.0. The van der Waals surface area contributed by atoms with Crippen LogP contribution in [-0.4, -0.2) is 29.5 Å². The van der Waals surface area contributed by atoms with Gasteiger partial charge in [0.05, 0.1) is 11.7 Å². The first kappa shape index (κ1) is 15.2. The van der Waals surface area contributed by atoms with Gasteiger partial charge < -0.3 is 16.0 Å². The molecule has 3 N–H and O–H groups in total. The summed E-state index contributed by atoms with van der Waals surface area (Å²) >= 11 is 1.29. The van der Waals surface area contributed by atoms with Crippen molar-refractivity contribution in [2.24, 2.45) is 0 Å². The van der Waals surface area contributed by atoms with E-state index < -0.39 is 0 Å². The predicted molar refractivity (Wildman–Crippen MR) is 85.6 cm³/mol. The molecule has 1 unspecified atom stereocenters. The van der Waals surface area contributed by atoms with Crippen molar-refractivity contribution in [2.75, 3.05) is 24.2 Å². The molecule has 21 heavy (non-hydrogen) atoms. The van der Waals surface area contributed by atoms with E-state index in [0.29, 0.717) is 4.88 Å². The lowest BCUT2D eigenvalue weighted by Crippen LogP contribution is -2.27. The summed E-state index contributed by atoms with van der Waals surface area (Å²) in [4.78, 5) is 23.1. The van der Waals surface area contributed by atoms with Gasteiger partial charge in [-0.3, -0.25) is 9.78 Å². The van der Waals surface area contributed by atoms with Crippen LogP contribution in [-0.2, 0) is 0 Å². The molecule has 0 spiro atoms. The minimum atomic E-state index is -0.223. The van der Waals surface area contributed by atoms with Crippen molar-refractivity contribution in [1.29, 1.82) is 0 Å². The number of carbonyl (C=O) groups excluding carboxylic acids is 1. The second-order valence-corrected chi connectivity index (χ2v) is 5.65. The molecule has 2 rings (SSSR count). The largest absolute Gasteiger partial charge is 0.382 e. The number of amides is 1. The molecular weight excluding hydrogens is 286 g/mol. The van der Waals surface area contributed by atoms with Crippen molar-refractivity contribution < 1.29 is 4.79 Å². The van der Waals surface area contributed by atoms with Gasteiger partial charge in [0.25, 0.3) is 5.91 Å². The number of aromatic nitrogens is 2. The SMILES string of the molecule is CCN(C)c1nc(N)c(C(=O)NC(C)c2ccccn2)s1. The molecule has 0 aliphatic carbocycles. The highest BCUT2D eigenvalue weighted by molar-refractivity contribution is 7.18. The average Bonchev–Trinajstić information content (AvgIpc) is 2.89. The first-order valence-electron chi connectivity index (χ1n) is 6.72. The summed E-state index contributed by atoms with van der Waals surface area (Å²) in [6, 6.07) is 5.41. The molecule has 0 aliphatic heterocycles. The monoisotopic (exact) mass is 305 g/mol. The highest BCUT2D eigenvalue weighted by Crippen LogP contribution is 2.27. The third-order valence-corrected chi connectivity index (χ3v) is 4.31. The van der Waals surface area contributed by atoms with Gasteiger partial charge in [0.1, 0.15) is 10.7 Å². The smallest absolute Gasteiger partial charge is 0.265 e. The summed E-state index contributed by atoms with van der Waals surface area (Å²) in [7, 11) is 1.91. The molecule has 0 bridgehead atoms. The van der Waals surface area contributed by atoms with E-state index in [4.69, 9.17) is 5.73 Å². The van der Waals surface area contributed by atoms with Gasteiger partial charge in [-0.25, -0.2) is 4.98 Å². The summed E-state index contributed by atoms with van der Waals surface area (Å²) in [5, 5.41) is 3.64. The predicted octanol–water partition coefficient (Wildman–Crippen LogP) is 2.07. The fourth-order valence-electron chi connectivity index (χ4n) is 1.75. The second-order valence-electron chi connectivity index (χ2n) is 4.67. The third-order valence-electron chi connectivity index (χ3n) is 3.13. The Morgan fingerprint density at radius 3 is 2.90 bits per heavy atom. The van der Waals surface area contributed by atoms with E-state index >= 15 is 0 Å². The van der Waals surface area contributed by atoms with Crippen molar-refractivity contribution >= 4 is 28.2 Å². The number of rotatable bonds is 5. The summed E-state index contributed by atoms with van der Waals surface area (Å²) in [5.41, 5.74) is 6.65. The molecule has 0 aromatic carbocycles. The van der Waals surface area contributed by atoms with Gasteiger partial charge in [0.2, 0.25) is 0 Å². The molecule has 2 aromatic heterocycles. The number of hydrogen-bond acceptors (Lipinski definition) is 6. The van der Waals surface area contributed by atoms with Gasteiger partial charge in [-0.2, -0.15) is 0 Å². The van der Waals surface area contributed by atoms with Crippen LogP contribution >= 0.6 is 11.3 Å². The summed E-state index contributed by atoms with van der Waals surface area (Å²) in [6.45, 7) is 4.70. The van der Waals surface area contributed by atoms with E-state index in [1.54, 1.807) is 6.20 Å². The van der Waals surface area contributed by atoms with E-state index in [2.05, 4.69) is 15.3 Å². The second kappa shape index (κ2) is 6.53.